The lowest BCUT2D eigenvalue weighted by Gasteiger charge is -1.97. The van der Waals surface area contributed by atoms with Gasteiger partial charge in [0.05, 0.1) is 27.3 Å². The summed E-state index contributed by atoms with van der Waals surface area (Å²) in [6.45, 7) is 0. The maximum atomic E-state index is 10.5. The highest BCUT2D eigenvalue weighted by Crippen LogP contribution is 2.27. The molecule has 2 rings (SSSR count). The summed E-state index contributed by atoms with van der Waals surface area (Å²) in [6.07, 6.45) is 1.57. The highest BCUT2D eigenvalue weighted by Gasteiger charge is 2.12. The Morgan fingerprint density at radius 1 is 1.57 bits per heavy atom. The molecular weight excluding hydrogens is 206 g/mol. The van der Waals surface area contributed by atoms with E-state index in [0.717, 1.165) is 0 Å². The molecule has 0 fully saturated rings. The van der Waals surface area contributed by atoms with E-state index in [0.29, 0.717) is 16.1 Å². The van der Waals surface area contributed by atoms with Gasteiger partial charge in [0, 0.05) is 19.2 Å². The number of nitrogens with zero attached hydrogens (tertiary/aromatic N) is 3. The van der Waals surface area contributed by atoms with Crippen LogP contribution < -0.4 is 0 Å². The van der Waals surface area contributed by atoms with E-state index in [4.69, 9.17) is 11.6 Å². The summed E-state index contributed by atoms with van der Waals surface area (Å²) in [5.74, 6) is 0. The zero-order valence-electron chi connectivity index (χ0n) is 7.27. The van der Waals surface area contributed by atoms with E-state index in [9.17, 15) is 10.1 Å². The molecule has 0 aliphatic carbocycles. The first kappa shape index (κ1) is 8.96. The number of hydrogen-bond donors (Lipinski definition) is 0. The molecule has 0 amide bonds. The minimum absolute atomic E-state index is 0.0406. The Kier molecular flexibility index (Phi) is 1.89. The van der Waals surface area contributed by atoms with Crippen molar-refractivity contribution in [1.82, 2.24) is 9.55 Å². The molecule has 0 unspecified atom stereocenters. The number of benzene rings is 1. The van der Waals surface area contributed by atoms with Crippen molar-refractivity contribution in [2.75, 3.05) is 0 Å². The van der Waals surface area contributed by atoms with E-state index in [1.165, 1.54) is 12.1 Å². The molecule has 0 saturated carbocycles. The number of non-ortho nitro benzene ring substituents is 1. The monoisotopic (exact) mass is 211 g/mol. The predicted molar refractivity (Wildman–Crippen MR) is 52.4 cm³/mol. The molecule has 0 saturated heterocycles. The van der Waals surface area contributed by atoms with Crippen molar-refractivity contribution in [3.63, 3.8) is 0 Å². The summed E-state index contributed by atoms with van der Waals surface area (Å²) in [4.78, 5) is 14.0. The number of aromatic nitrogens is 2. The summed E-state index contributed by atoms with van der Waals surface area (Å²) >= 11 is 5.89. The first-order valence-electron chi connectivity index (χ1n) is 3.84. The highest BCUT2D eigenvalue weighted by molar-refractivity contribution is 6.35. The van der Waals surface area contributed by atoms with Gasteiger partial charge in [-0.1, -0.05) is 11.6 Å². The van der Waals surface area contributed by atoms with Gasteiger partial charge in [0.25, 0.3) is 5.69 Å². The summed E-state index contributed by atoms with van der Waals surface area (Å²) < 4.78 is 1.72. The standard InChI is InChI=1S/C8H6ClN3O2/c1-11-4-10-7-3-5(12(13)14)2-6(9)8(7)11/h2-4H,1H3. The Labute approximate surface area is 84.1 Å². The molecule has 2 aromatic rings. The van der Waals surface area contributed by atoms with E-state index < -0.39 is 4.92 Å². The average Bonchev–Trinajstić information content (AvgIpc) is 2.48. The SMILES string of the molecule is Cn1cnc2cc([N+](=O)[O-])cc(Cl)c21. The number of rotatable bonds is 1. The summed E-state index contributed by atoms with van der Waals surface area (Å²) in [6, 6.07) is 2.73. The molecule has 1 aromatic heterocycles. The number of halogens is 1. The van der Waals surface area contributed by atoms with Crippen molar-refractivity contribution in [3.05, 3.63) is 33.6 Å². The van der Waals surface area contributed by atoms with Gasteiger partial charge in [-0.15, -0.1) is 0 Å². The van der Waals surface area contributed by atoms with Gasteiger partial charge in [-0.2, -0.15) is 0 Å². The molecule has 1 heterocycles. The average molecular weight is 212 g/mol. The van der Waals surface area contributed by atoms with Crippen LogP contribution in [0.3, 0.4) is 0 Å². The third-order valence-corrected chi connectivity index (χ3v) is 2.25. The van der Waals surface area contributed by atoms with Crippen LogP contribution in [0.5, 0.6) is 0 Å². The second kappa shape index (κ2) is 2.95. The second-order valence-corrected chi connectivity index (χ2v) is 3.32. The van der Waals surface area contributed by atoms with Gasteiger partial charge in [-0.25, -0.2) is 4.98 Å². The smallest absolute Gasteiger partial charge is 0.273 e. The molecule has 0 atom stereocenters. The minimum Gasteiger partial charge on any atom is -0.333 e. The van der Waals surface area contributed by atoms with Gasteiger partial charge in [-0.3, -0.25) is 10.1 Å². The molecule has 6 heteroatoms. The highest BCUT2D eigenvalue weighted by atomic mass is 35.5. The number of nitro benzene ring substituents is 1. The topological polar surface area (TPSA) is 61.0 Å². The molecule has 0 aliphatic heterocycles. The van der Waals surface area contributed by atoms with Crippen molar-refractivity contribution >= 4 is 28.3 Å². The molecule has 14 heavy (non-hydrogen) atoms. The van der Waals surface area contributed by atoms with Crippen LogP contribution in [0.15, 0.2) is 18.5 Å². The molecular formula is C8H6ClN3O2. The molecule has 0 aliphatic rings. The predicted octanol–water partition coefficient (Wildman–Crippen LogP) is 2.13. The van der Waals surface area contributed by atoms with Gasteiger partial charge in [0.15, 0.2) is 0 Å². The molecule has 0 N–H and O–H groups in total. The van der Waals surface area contributed by atoms with Gasteiger partial charge in [0.2, 0.25) is 0 Å². The second-order valence-electron chi connectivity index (χ2n) is 2.91. The van der Waals surface area contributed by atoms with E-state index in [1.807, 2.05) is 0 Å². The molecule has 72 valence electrons. The zero-order chi connectivity index (χ0) is 10.3. The van der Waals surface area contributed by atoms with Crippen molar-refractivity contribution in [1.29, 1.82) is 0 Å². The van der Waals surface area contributed by atoms with Gasteiger partial charge in [0.1, 0.15) is 0 Å². The summed E-state index contributed by atoms with van der Waals surface area (Å²) in [5.41, 5.74) is 1.20. The van der Waals surface area contributed by atoms with E-state index in [2.05, 4.69) is 4.98 Å². The molecule has 5 nitrogen and oxygen atoms in total. The fourth-order valence-corrected chi connectivity index (χ4v) is 1.67. The Hall–Kier alpha value is -1.62. The Bertz CT molecular complexity index is 521. The number of fused-ring (bicyclic) bond motifs is 1. The third kappa shape index (κ3) is 1.22. The normalized spacial score (nSPS) is 10.7. The lowest BCUT2D eigenvalue weighted by atomic mass is 10.3. The summed E-state index contributed by atoms with van der Waals surface area (Å²) in [7, 11) is 1.78. The number of imidazole rings is 1. The summed E-state index contributed by atoms with van der Waals surface area (Å²) in [5, 5.41) is 10.9. The van der Waals surface area contributed by atoms with Crippen LogP contribution in [0.1, 0.15) is 0 Å². The van der Waals surface area contributed by atoms with Crippen molar-refractivity contribution in [2.45, 2.75) is 0 Å². The van der Waals surface area contributed by atoms with Crippen molar-refractivity contribution in [2.24, 2.45) is 7.05 Å². The van der Waals surface area contributed by atoms with Crippen LogP contribution in [-0.2, 0) is 7.05 Å². The molecule has 0 bridgehead atoms. The number of nitro groups is 1. The van der Waals surface area contributed by atoms with E-state index in [1.54, 1.807) is 17.9 Å². The number of hydrogen-bond acceptors (Lipinski definition) is 3. The van der Waals surface area contributed by atoms with Gasteiger partial charge >= 0.3 is 0 Å². The van der Waals surface area contributed by atoms with Crippen LogP contribution in [-0.4, -0.2) is 14.5 Å². The molecule has 0 radical (unpaired) electrons. The fourth-order valence-electron chi connectivity index (χ4n) is 1.33. The van der Waals surface area contributed by atoms with Crippen molar-refractivity contribution < 1.29 is 4.92 Å². The minimum atomic E-state index is -0.486. The largest absolute Gasteiger partial charge is 0.333 e. The number of aryl methyl sites for hydroxylation is 1. The Balaban J connectivity index is 2.80. The van der Waals surface area contributed by atoms with Gasteiger partial charge in [-0.05, 0) is 0 Å². The van der Waals surface area contributed by atoms with Crippen LogP contribution in [0.4, 0.5) is 5.69 Å². The van der Waals surface area contributed by atoms with E-state index in [-0.39, 0.29) is 5.69 Å². The van der Waals surface area contributed by atoms with Gasteiger partial charge < -0.3 is 4.57 Å². The molecule has 0 spiro atoms. The lowest BCUT2D eigenvalue weighted by Crippen LogP contribution is -1.90. The molecule has 1 aromatic carbocycles. The van der Waals surface area contributed by atoms with Crippen molar-refractivity contribution in [3.8, 4) is 0 Å². The first-order valence-corrected chi connectivity index (χ1v) is 4.22. The zero-order valence-corrected chi connectivity index (χ0v) is 8.02. The van der Waals surface area contributed by atoms with Crippen LogP contribution in [0, 0.1) is 10.1 Å². The van der Waals surface area contributed by atoms with E-state index >= 15 is 0 Å². The third-order valence-electron chi connectivity index (χ3n) is 1.96. The quantitative estimate of drug-likeness (QED) is 0.536. The first-order chi connectivity index (χ1) is 6.59. The van der Waals surface area contributed by atoms with Crippen LogP contribution in [0.25, 0.3) is 11.0 Å². The fraction of sp³-hybridized carbons (Fsp3) is 0.125. The lowest BCUT2D eigenvalue weighted by molar-refractivity contribution is -0.384. The maximum absolute atomic E-state index is 10.5. The maximum Gasteiger partial charge on any atom is 0.273 e. The Morgan fingerprint density at radius 3 is 2.93 bits per heavy atom. The van der Waals surface area contributed by atoms with Crippen LogP contribution in [0.2, 0.25) is 5.02 Å². The Morgan fingerprint density at radius 2 is 2.29 bits per heavy atom. The van der Waals surface area contributed by atoms with Crippen LogP contribution >= 0.6 is 11.6 Å².